The summed E-state index contributed by atoms with van der Waals surface area (Å²) in [6.45, 7) is 5.83. The molecule has 1 amide bonds. The lowest BCUT2D eigenvalue weighted by Gasteiger charge is -2.24. The van der Waals surface area contributed by atoms with Gasteiger partial charge in [-0.3, -0.25) is 14.2 Å². The van der Waals surface area contributed by atoms with Crippen molar-refractivity contribution in [3.63, 3.8) is 0 Å². The van der Waals surface area contributed by atoms with E-state index in [1.807, 2.05) is 86.8 Å². The Morgan fingerprint density at radius 1 is 1.13 bits per heavy atom. The molecule has 0 spiro atoms. The third-order valence-electron chi connectivity index (χ3n) is 5.78. The van der Waals surface area contributed by atoms with Gasteiger partial charge in [-0.2, -0.15) is 0 Å². The van der Waals surface area contributed by atoms with Gasteiger partial charge in [-0.25, -0.2) is 4.99 Å². The summed E-state index contributed by atoms with van der Waals surface area (Å²) in [6, 6.07) is 16.7. The molecule has 0 saturated carbocycles. The van der Waals surface area contributed by atoms with Gasteiger partial charge in [0.25, 0.3) is 11.5 Å². The zero-order valence-electron chi connectivity index (χ0n) is 20.7. The van der Waals surface area contributed by atoms with Crippen molar-refractivity contribution in [1.82, 2.24) is 4.57 Å². The quantitative estimate of drug-likeness (QED) is 0.248. The van der Waals surface area contributed by atoms with Crippen LogP contribution in [-0.2, 0) is 4.79 Å². The first kappa shape index (κ1) is 27.3. The molecule has 0 bridgehead atoms. The average Bonchev–Trinajstić information content (AvgIpc) is 3.50. The van der Waals surface area contributed by atoms with Crippen LogP contribution in [-0.4, -0.2) is 16.6 Å². The zero-order valence-corrected chi connectivity index (χ0v) is 26.6. The normalized spacial score (nSPS) is 15.4. The van der Waals surface area contributed by atoms with Crippen LogP contribution >= 0.6 is 67.9 Å². The van der Waals surface area contributed by atoms with Gasteiger partial charge >= 0.3 is 0 Å². The Kier molecular flexibility index (Phi) is 8.22. The molecule has 1 aliphatic heterocycles. The first-order valence-electron chi connectivity index (χ1n) is 11.8. The number of para-hydroxylation sites is 1. The number of ether oxygens (including phenoxy) is 1. The summed E-state index contributed by atoms with van der Waals surface area (Å²) in [5, 5.41) is 4.93. The molecule has 0 fully saturated rings. The summed E-state index contributed by atoms with van der Waals surface area (Å²) in [7, 11) is 0. The van der Waals surface area contributed by atoms with E-state index in [1.54, 1.807) is 4.57 Å². The second kappa shape index (κ2) is 11.4. The topological polar surface area (TPSA) is 72.7 Å². The second-order valence-electron chi connectivity index (χ2n) is 8.90. The molecule has 2 aromatic heterocycles. The van der Waals surface area contributed by atoms with Crippen molar-refractivity contribution in [1.29, 1.82) is 0 Å². The van der Waals surface area contributed by atoms with Crippen molar-refractivity contribution in [2.45, 2.75) is 32.9 Å². The smallest absolute Gasteiger partial charge is 0.271 e. The van der Waals surface area contributed by atoms with E-state index in [-0.39, 0.29) is 17.6 Å². The number of hydrogen-bond donors (Lipinski definition) is 1. The number of thiazole rings is 1. The van der Waals surface area contributed by atoms with E-state index >= 15 is 0 Å². The van der Waals surface area contributed by atoms with Crippen LogP contribution in [0.25, 0.3) is 6.08 Å². The number of hydrogen-bond acceptors (Lipinski definition) is 6. The third kappa shape index (κ3) is 5.54. The fourth-order valence-corrected chi connectivity index (χ4v) is 8.15. The summed E-state index contributed by atoms with van der Waals surface area (Å²) in [4.78, 5) is 33.6. The van der Waals surface area contributed by atoms with Crippen molar-refractivity contribution in [3.8, 4) is 5.75 Å². The van der Waals surface area contributed by atoms with Crippen molar-refractivity contribution in [3.05, 3.63) is 109 Å². The third-order valence-corrected chi connectivity index (χ3v) is 9.29. The Balaban J connectivity index is 1.61. The Labute approximate surface area is 255 Å². The van der Waals surface area contributed by atoms with Crippen molar-refractivity contribution in [2.75, 3.05) is 5.32 Å². The number of benzene rings is 2. The summed E-state index contributed by atoms with van der Waals surface area (Å²) in [5.74, 6) is 0.581. The number of carbonyl (C=O) groups is 1. The maximum absolute atomic E-state index is 13.8. The molecule has 1 N–H and O–H groups in total. The monoisotopic (exact) mass is 767 g/mol. The van der Waals surface area contributed by atoms with Crippen molar-refractivity contribution in [2.24, 2.45) is 4.99 Å². The van der Waals surface area contributed by atoms with Crippen LogP contribution in [0.15, 0.2) is 81.0 Å². The lowest BCUT2D eigenvalue weighted by Crippen LogP contribution is -2.40. The van der Waals surface area contributed by atoms with Crippen LogP contribution in [0.1, 0.15) is 37.3 Å². The molecule has 1 atom stereocenters. The van der Waals surface area contributed by atoms with Crippen molar-refractivity contribution < 1.29 is 9.53 Å². The van der Waals surface area contributed by atoms with E-state index in [4.69, 9.17) is 9.73 Å². The second-order valence-corrected chi connectivity index (χ2v) is 13.2. The van der Waals surface area contributed by atoms with Gasteiger partial charge in [-0.1, -0.05) is 35.6 Å². The Hall–Kier alpha value is -2.29. The number of allylic oxidation sites excluding steroid dienone is 1. The maximum Gasteiger partial charge on any atom is 0.271 e. The lowest BCUT2D eigenvalue weighted by molar-refractivity contribution is -0.113. The van der Waals surface area contributed by atoms with Crippen LogP contribution in [0.3, 0.4) is 0 Å². The van der Waals surface area contributed by atoms with Gasteiger partial charge in [-0.15, -0.1) is 11.3 Å². The molecule has 194 valence electrons. The number of fused-ring (bicyclic) bond motifs is 1. The SMILES string of the molecule is CC1=C(C(=O)Nc2ccccc2)C(c2cccs2)n2c(s/c(=C\c3cc(I)c(OC(C)C)c(I)c3)c2=O)=N1. The highest BCUT2D eigenvalue weighted by Gasteiger charge is 2.33. The number of thiophene rings is 1. The minimum Gasteiger partial charge on any atom is -0.489 e. The average molecular weight is 767 g/mol. The van der Waals surface area contributed by atoms with Crippen LogP contribution in [0.4, 0.5) is 5.69 Å². The predicted octanol–water partition coefficient (Wildman–Crippen LogP) is 5.93. The Morgan fingerprint density at radius 3 is 2.47 bits per heavy atom. The number of rotatable bonds is 6. The van der Waals surface area contributed by atoms with Gasteiger partial charge in [0, 0.05) is 10.6 Å². The number of nitrogens with zero attached hydrogens (tertiary/aromatic N) is 2. The number of halogens is 2. The molecule has 1 unspecified atom stereocenters. The first-order valence-corrected chi connectivity index (χ1v) is 15.7. The molecule has 5 rings (SSSR count). The van der Waals surface area contributed by atoms with Gasteiger partial charge < -0.3 is 10.1 Å². The minimum atomic E-state index is -0.556. The van der Waals surface area contributed by atoms with E-state index in [1.165, 1.54) is 22.7 Å². The standard InChI is InChI=1S/C28H23I2N3O3S2/c1-15(2)36-25-19(29)12-17(13-20(25)30)14-22-27(35)33-24(21-10-7-11-37-21)23(16(3)31-28(33)38-22)26(34)32-18-8-5-4-6-9-18/h4-15,24H,1-3H3,(H,32,34)/b22-14-. The van der Waals surface area contributed by atoms with E-state index in [2.05, 4.69) is 50.5 Å². The molecule has 0 aliphatic carbocycles. The molecular weight excluding hydrogens is 744 g/mol. The molecular formula is C28H23I2N3O3S2. The molecule has 6 nitrogen and oxygen atoms in total. The molecule has 1 aliphatic rings. The Bertz CT molecular complexity index is 1700. The number of aromatic nitrogens is 1. The largest absolute Gasteiger partial charge is 0.489 e. The Morgan fingerprint density at radius 2 is 1.84 bits per heavy atom. The molecule has 0 radical (unpaired) electrons. The van der Waals surface area contributed by atoms with E-state index in [9.17, 15) is 9.59 Å². The van der Waals surface area contributed by atoms with Crippen LogP contribution in [0.2, 0.25) is 0 Å². The molecule has 4 aromatic rings. The number of amides is 1. The number of carbonyl (C=O) groups excluding carboxylic acids is 1. The van der Waals surface area contributed by atoms with Crippen molar-refractivity contribution >= 4 is 85.5 Å². The van der Waals surface area contributed by atoms with E-state index in [0.717, 1.165) is 23.3 Å². The van der Waals surface area contributed by atoms with Gasteiger partial charge in [0.05, 0.1) is 29.0 Å². The molecule has 3 heterocycles. The number of anilines is 1. The molecule has 10 heteroatoms. The zero-order chi connectivity index (χ0) is 27.0. The highest BCUT2D eigenvalue weighted by Crippen LogP contribution is 2.33. The lowest BCUT2D eigenvalue weighted by atomic mass is 10.0. The highest BCUT2D eigenvalue weighted by molar-refractivity contribution is 14.1. The van der Waals surface area contributed by atoms with Crippen LogP contribution < -0.4 is 24.9 Å². The highest BCUT2D eigenvalue weighted by atomic mass is 127. The van der Waals surface area contributed by atoms with Gasteiger partial charge in [-0.05, 0) is 113 Å². The molecule has 2 aromatic carbocycles. The summed E-state index contributed by atoms with van der Waals surface area (Å²) in [6.07, 6.45) is 1.96. The maximum atomic E-state index is 13.8. The van der Waals surface area contributed by atoms with Crippen LogP contribution in [0.5, 0.6) is 5.75 Å². The fraction of sp³-hybridized carbons (Fsp3) is 0.179. The van der Waals surface area contributed by atoms with E-state index in [0.29, 0.717) is 26.3 Å². The minimum absolute atomic E-state index is 0.0698. The number of nitrogens with one attached hydrogen (secondary N) is 1. The molecule has 38 heavy (non-hydrogen) atoms. The van der Waals surface area contributed by atoms with Gasteiger partial charge in [0.1, 0.15) is 11.8 Å². The van der Waals surface area contributed by atoms with Gasteiger partial charge in [0.15, 0.2) is 4.80 Å². The van der Waals surface area contributed by atoms with E-state index < -0.39 is 6.04 Å². The summed E-state index contributed by atoms with van der Waals surface area (Å²) in [5.41, 5.74) is 2.50. The predicted molar refractivity (Wildman–Crippen MR) is 171 cm³/mol. The molecule has 0 saturated heterocycles. The van der Waals surface area contributed by atoms with Crippen LogP contribution in [0, 0.1) is 7.14 Å². The summed E-state index contributed by atoms with van der Waals surface area (Å²) < 4.78 is 10.1. The summed E-state index contributed by atoms with van der Waals surface area (Å²) >= 11 is 7.39. The fourth-order valence-electron chi connectivity index (χ4n) is 4.21. The first-order chi connectivity index (χ1) is 18.2. The van der Waals surface area contributed by atoms with Gasteiger partial charge in [0.2, 0.25) is 0 Å².